The van der Waals surface area contributed by atoms with Crippen molar-refractivity contribution in [1.29, 1.82) is 0 Å². The van der Waals surface area contributed by atoms with Crippen molar-refractivity contribution in [2.24, 2.45) is 0 Å². The van der Waals surface area contributed by atoms with Crippen LogP contribution in [0, 0.1) is 5.95 Å². The Balaban J connectivity index is 2.20. The van der Waals surface area contributed by atoms with E-state index in [0.717, 1.165) is 11.4 Å². The molecule has 0 saturated carbocycles. The van der Waals surface area contributed by atoms with Crippen LogP contribution in [0.15, 0.2) is 42.6 Å². The second-order valence-electron chi connectivity index (χ2n) is 3.22. The lowest BCUT2D eigenvalue weighted by Crippen LogP contribution is -1.92. The molecule has 0 atom stereocenters. The standard InChI is InChI=1S/C12H11FN2O/c1-16-11-4-2-3-9(7-11)15-10-5-6-14-12(13)8-10/h2-8H,1H3,(H,14,15). The Morgan fingerprint density at radius 3 is 2.75 bits per heavy atom. The van der Waals surface area contributed by atoms with Crippen molar-refractivity contribution in [3.63, 3.8) is 0 Å². The topological polar surface area (TPSA) is 34.1 Å². The minimum absolute atomic E-state index is 0.507. The lowest BCUT2D eigenvalue weighted by molar-refractivity contribution is 0.415. The number of halogens is 1. The Morgan fingerprint density at radius 1 is 1.19 bits per heavy atom. The van der Waals surface area contributed by atoms with E-state index in [1.165, 1.54) is 12.3 Å². The molecule has 3 nitrogen and oxygen atoms in total. The fraction of sp³-hybridized carbons (Fsp3) is 0.0833. The summed E-state index contributed by atoms with van der Waals surface area (Å²) in [4.78, 5) is 3.48. The van der Waals surface area contributed by atoms with E-state index in [1.54, 1.807) is 13.2 Å². The van der Waals surface area contributed by atoms with Gasteiger partial charge < -0.3 is 10.1 Å². The van der Waals surface area contributed by atoms with E-state index in [4.69, 9.17) is 4.74 Å². The van der Waals surface area contributed by atoms with E-state index in [0.29, 0.717) is 5.69 Å². The van der Waals surface area contributed by atoms with Crippen LogP contribution in [0.1, 0.15) is 0 Å². The molecule has 0 aliphatic heterocycles. The highest BCUT2D eigenvalue weighted by molar-refractivity contribution is 5.60. The lowest BCUT2D eigenvalue weighted by atomic mass is 10.3. The number of ether oxygens (including phenoxy) is 1. The van der Waals surface area contributed by atoms with Crippen LogP contribution in [0.3, 0.4) is 0 Å². The van der Waals surface area contributed by atoms with Gasteiger partial charge in [0, 0.05) is 29.7 Å². The number of anilines is 2. The highest BCUT2D eigenvalue weighted by atomic mass is 19.1. The van der Waals surface area contributed by atoms with Gasteiger partial charge in [-0.05, 0) is 18.2 Å². The molecule has 0 amide bonds. The van der Waals surface area contributed by atoms with Crippen molar-refractivity contribution >= 4 is 11.4 Å². The molecular formula is C12H11FN2O. The van der Waals surface area contributed by atoms with E-state index >= 15 is 0 Å². The first-order valence-corrected chi connectivity index (χ1v) is 4.80. The van der Waals surface area contributed by atoms with E-state index in [9.17, 15) is 4.39 Å². The molecule has 4 heteroatoms. The molecule has 0 unspecified atom stereocenters. The summed E-state index contributed by atoms with van der Waals surface area (Å²) in [6.45, 7) is 0. The smallest absolute Gasteiger partial charge is 0.214 e. The molecule has 1 heterocycles. The summed E-state index contributed by atoms with van der Waals surface area (Å²) in [5, 5.41) is 3.06. The minimum atomic E-state index is -0.507. The molecule has 16 heavy (non-hydrogen) atoms. The molecule has 82 valence electrons. The van der Waals surface area contributed by atoms with Crippen LogP contribution < -0.4 is 10.1 Å². The predicted octanol–water partition coefficient (Wildman–Crippen LogP) is 2.97. The Kier molecular flexibility index (Phi) is 3.00. The lowest BCUT2D eigenvalue weighted by Gasteiger charge is -2.07. The average Bonchev–Trinajstić information content (AvgIpc) is 2.29. The third-order valence-corrected chi connectivity index (χ3v) is 2.08. The zero-order chi connectivity index (χ0) is 11.4. The van der Waals surface area contributed by atoms with Crippen LogP contribution in [0.4, 0.5) is 15.8 Å². The second-order valence-corrected chi connectivity index (χ2v) is 3.22. The Bertz CT molecular complexity index is 488. The molecule has 1 aromatic carbocycles. The first kappa shape index (κ1) is 10.4. The van der Waals surface area contributed by atoms with Gasteiger partial charge in [0.15, 0.2) is 0 Å². The van der Waals surface area contributed by atoms with Crippen molar-refractivity contribution in [3.05, 3.63) is 48.5 Å². The molecule has 0 saturated heterocycles. The van der Waals surface area contributed by atoms with Crippen LogP contribution in [-0.4, -0.2) is 12.1 Å². The molecule has 2 rings (SSSR count). The van der Waals surface area contributed by atoms with Gasteiger partial charge in [-0.2, -0.15) is 4.39 Å². The predicted molar refractivity (Wildman–Crippen MR) is 60.5 cm³/mol. The number of aromatic nitrogens is 1. The molecule has 0 aliphatic carbocycles. The molecule has 0 aliphatic rings. The minimum Gasteiger partial charge on any atom is -0.497 e. The van der Waals surface area contributed by atoms with E-state index in [-0.39, 0.29) is 0 Å². The van der Waals surface area contributed by atoms with Crippen LogP contribution in [-0.2, 0) is 0 Å². The maximum absolute atomic E-state index is 12.8. The van der Waals surface area contributed by atoms with Gasteiger partial charge in [-0.15, -0.1) is 0 Å². The summed E-state index contributed by atoms with van der Waals surface area (Å²) in [5.41, 5.74) is 1.49. The van der Waals surface area contributed by atoms with Crippen molar-refractivity contribution in [2.45, 2.75) is 0 Å². The van der Waals surface area contributed by atoms with Crippen molar-refractivity contribution in [2.75, 3.05) is 12.4 Å². The molecular weight excluding hydrogens is 207 g/mol. The largest absolute Gasteiger partial charge is 0.497 e. The third-order valence-electron chi connectivity index (χ3n) is 2.08. The number of nitrogens with zero attached hydrogens (tertiary/aromatic N) is 1. The highest BCUT2D eigenvalue weighted by Crippen LogP contribution is 2.20. The summed E-state index contributed by atoms with van der Waals surface area (Å²) in [6.07, 6.45) is 1.41. The molecule has 0 bridgehead atoms. The first-order chi connectivity index (χ1) is 7.78. The summed E-state index contributed by atoms with van der Waals surface area (Å²) in [7, 11) is 1.60. The maximum atomic E-state index is 12.8. The molecule has 2 aromatic rings. The summed E-state index contributed by atoms with van der Waals surface area (Å²) in [5.74, 6) is 0.243. The van der Waals surface area contributed by atoms with Gasteiger partial charge in [-0.1, -0.05) is 6.07 Å². The van der Waals surface area contributed by atoms with Gasteiger partial charge in [0.2, 0.25) is 5.95 Å². The number of hydrogen-bond donors (Lipinski definition) is 1. The average molecular weight is 218 g/mol. The number of rotatable bonds is 3. The molecule has 0 fully saturated rings. The summed E-state index contributed by atoms with van der Waals surface area (Å²) < 4.78 is 17.9. The maximum Gasteiger partial charge on any atom is 0.214 e. The van der Waals surface area contributed by atoms with Gasteiger partial charge in [-0.25, -0.2) is 4.98 Å². The molecule has 1 aromatic heterocycles. The Hall–Kier alpha value is -2.10. The molecule has 0 radical (unpaired) electrons. The zero-order valence-corrected chi connectivity index (χ0v) is 8.77. The van der Waals surface area contributed by atoms with Crippen molar-refractivity contribution in [1.82, 2.24) is 4.98 Å². The molecule has 1 N–H and O–H groups in total. The monoisotopic (exact) mass is 218 g/mol. The fourth-order valence-corrected chi connectivity index (χ4v) is 1.35. The number of benzene rings is 1. The summed E-state index contributed by atoms with van der Waals surface area (Å²) in [6, 6.07) is 10.4. The van der Waals surface area contributed by atoms with Gasteiger partial charge in [0.25, 0.3) is 0 Å². The number of pyridine rings is 1. The SMILES string of the molecule is COc1cccc(Nc2ccnc(F)c2)c1. The van der Waals surface area contributed by atoms with Crippen LogP contribution in [0.25, 0.3) is 0 Å². The van der Waals surface area contributed by atoms with E-state index in [2.05, 4.69) is 10.3 Å². The Morgan fingerprint density at radius 2 is 2.00 bits per heavy atom. The highest BCUT2D eigenvalue weighted by Gasteiger charge is 1.98. The van der Waals surface area contributed by atoms with Gasteiger partial charge in [0.05, 0.1) is 7.11 Å². The normalized spacial score (nSPS) is 9.88. The fourth-order valence-electron chi connectivity index (χ4n) is 1.35. The number of hydrogen-bond acceptors (Lipinski definition) is 3. The van der Waals surface area contributed by atoms with Crippen LogP contribution in [0.2, 0.25) is 0 Å². The van der Waals surface area contributed by atoms with Crippen LogP contribution >= 0.6 is 0 Å². The second kappa shape index (κ2) is 4.61. The van der Waals surface area contributed by atoms with Crippen molar-refractivity contribution < 1.29 is 9.13 Å². The third kappa shape index (κ3) is 2.48. The number of nitrogens with one attached hydrogen (secondary N) is 1. The van der Waals surface area contributed by atoms with E-state index < -0.39 is 5.95 Å². The Labute approximate surface area is 92.9 Å². The quantitative estimate of drug-likeness (QED) is 0.804. The van der Waals surface area contributed by atoms with Crippen molar-refractivity contribution in [3.8, 4) is 5.75 Å². The molecule has 0 spiro atoms. The number of methoxy groups -OCH3 is 1. The van der Waals surface area contributed by atoms with E-state index in [1.807, 2.05) is 24.3 Å². The zero-order valence-electron chi connectivity index (χ0n) is 8.77. The summed E-state index contributed by atoms with van der Waals surface area (Å²) >= 11 is 0. The van der Waals surface area contributed by atoms with Crippen LogP contribution in [0.5, 0.6) is 5.75 Å². The van der Waals surface area contributed by atoms with Gasteiger partial charge in [0.1, 0.15) is 5.75 Å². The van der Waals surface area contributed by atoms with Gasteiger partial charge >= 0.3 is 0 Å². The first-order valence-electron chi connectivity index (χ1n) is 4.80. The van der Waals surface area contributed by atoms with Gasteiger partial charge in [-0.3, -0.25) is 0 Å².